The van der Waals surface area contributed by atoms with Crippen LogP contribution in [-0.4, -0.2) is 16.8 Å². The molecule has 7 nitrogen and oxygen atoms in total. The average Bonchev–Trinajstić information content (AvgIpc) is 3.14. The van der Waals surface area contributed by atoms with Crippen molar-refractivity contribution in [1.29, 1.82) is 0 Å². The van der Waals surface area contributed by atoms with Gasteiger partial charge in [-0.1, -0.05) is 48.0 Å². The molecule has 7 heteroatoms. The number of ether oxygens (including phenoxy) is 2. The third-order valence-electron chi connectivity index (χ3n) is 4.96. The molecule has 1 aliphatic heterocycles. The summed E-state index contributed by atoms with van der Waals surface area (Å²) < 4.78 is 11.1. The fourth-order valence-electron chi connectivity index (χ4n) is 3.17. The summed E-state index contributed by atoms with van der Waals surface area (Å²) in [6, 6.07) is 20.0. The van der Waals surface area contributed by atoms with Crippen molar-refractivity contribution in [3.8, 4) is 5.75 Å². The molecule has 160 valence electrons. The van der Waals surface area contributed by atoms with E-state index in [2.05, 4.69) is 4.99 Å². The molecule has 0 spiro atoms. The predicted molar refractivity (Wildman–Crippen MR) is 120 cm³/mol. The highest BCUT2D eigenvalue weighted by molar-refractivity contribution is 6.13. The monoisotopic (exact) mass is 428 g/mol. The highest BCUT2D eigenvalue weighted by atomic mass is 16.6. The number of nitro benzene ring substituents is 1. The summed E-state index contributed by atoms with van der Waals surface area (Å²) in [6.45, 7) is 4.10. The van der Waals surface area contributed by atoms with Gasteiger partial charge in [-0.2, -0.15) is 0 Å². The van der Waals surface area contributed by atoms with Gasteiger partial charge >= 0.3 is 5.97 Å². The van der Waals surface area contributed by atoms with Crippen LogP contribution in [-0.2, 0) is 16.1 Å². The lowest BCUT2D eigenvalue weighted by molar-refractivity contribution is -0.385. The van der Waals surface area contributed by atoms with Gasteiger partial charge in [0.15, 0.2) is 5.70 Å². The summed E-state index contributed by atoms with van der Waals surface area (Å²) in [4.78, 5) is 27.2. The molecular formula is C25H20N2O5. The van der Waals surface area contributed by atoms with E-state index in [-0.39, 0.29) is 17.3 Å². The lowest BCUT2D eigenvalue weighted by Crippen LogP contribution is -2.06. The molecule has 32 heavy (non-hydrogen) atoms. The first-order valence-electron chi connectivity index (χ1n) is 9.95. The molecule has 3 aromatic rings. The van der Waals surface area contributed by atoms with Crippen molar-refractivity contribution in [3.63, 3.8) is 0 Å². The molecule has 0 atom stereocenters. The minimum atomic E-state index is -0.616. The van der Waals surface area contributed by atoms with Crippen molar-refractivity contribution in [3.05, 3.63) is 110 Å². The molecule has 1 aliphatic rings. The van der Waals surface area contributed by atoms with Gasteiger partial charge in [0.05, 0.1) is 4.92 Å². The van der Waals surface area contributed by atoms with Gasteiger partial charge in [-0.05, 0) is 49.2 Å². The zero-order chi connectivity index (χ0) is 22.7. The molecule has 0 amide bonds. The number of aliphatic imine (C=N–C) groups is 1. The molecule has 0 saturated carbocycles. The van der Waals surface area contributed by atoms with Crippen LogP contribution < -0.4 is 4.74 Å². The van der Waals surface area contributed by atoms with Gasteiger partial charge in [0.2, 0.25) is 5.90 Å². The number of esters is 1. The average molecular weight is 428 g/mol. The number of aryl methyl sites for hydroxylation is 2. The van der Waals surface area contributed by atoms with E-state index in [0.29, 0.717) is 23.5 Å². The summed E-state index contributed by atoms with van der Waals surface area (Å²) >= 11 is 0. The maximum Gasteiger partial charge on any atom is 0.363 e. The number of hydrogen-bond acceptors (Lipinski definition) is 6. The third kappa shape index (κ3) is 4.73. The normalized spacial score (nSPS) is 14.2. The van der Waals surface area contributed by atoms with Crippen molar-refractivity contribution >= 4 is 23.6 Å². The number of nitro groups is 1. The van der Waals surface area contributed by atoms with Crippen LogP contribution in [0.5, 0.6) is 5.75 Å². The lowest BCUT2D eigenvalue weighted by Gasteiger charge is -2.07. The molecule has 4 rings (SSSR count). The summed E-state index contributed by atoms with van der Waals surface area (Å²) in [5, 5.41) is 11.2. The van der Waals surface area contributed by atoms with E-state index in [1.807, 2.05) is 49.4 Å². The van der Waals surface area contributed by atoms with E-state index in [9.17, 15) is 14.9 Å². The maximum absolute atomic E-state index is 12.3. The van der Waals surface area contributed by atoms with Crippen molar-refractivity contribution in [1.82, 2.24) is 0 Å². The largest absolute Gasteiger partial charge is 0.489 e. The Morgan fingerprint density at radius 3 is 2.59 bits per heavy atom. The Hall–Kier alpha value is -4.26. The molecular weight excluding hydrogens is 408 g/mol. The van der Waals surface area contributed by atoms with Crippen LogP contribution in [0.3, 0.4) is 0 Å². The maximum atomic E-state index is 12.3. The summed E-state index contributed by atoms with van der Waals surface area (Å²) in [5.41, 5.74) is 3.90. The van der Waals surface area contributed by atoms with E-state index in [1.165, 1.54) is 11.6 Å². The van der Waals surface area contributed by atoms with E-state index >= 15 is 0 Å². The van der Waals surface area contributed by atoms with Crippen LogP contribution >= 0.6 is 0 Å². The Morgan fingerprint density at radius 2 is 1.84 bits per heavy atom. The summed E-state index contributed by atoms with van der Waals surface area (Å²) in [6.07, 6.45) is 1.59. The molecule has 0 aromatic heterocycles. The summed E-state index contributed by atoms with van der Waals surface area (Å²) in [5.74, 6) is 0.0787. The quantitative estimate of drug-likeness (QED) is 0.235. The van der Waals surface area contributed by atoms with Crippen molar-refractivity contribution in [2.24, 2.45) is 4.99 Å². The second-order valence-electron chi connectivity index (χ2n) is 7.44. The fourth-order valence-corrected chi connectivity index (χ4v) is 3.17. The van der Waals surface area contributed by atoms with Crippen LogP contribution in [0.2, 0.25) is 0 Å². The molecule has 3 aromatic carbocycles. The Kier molecular flexibility index (Phi) is 5.81. The van der Waals surface area contributed by atoms with Gasteiger partial charge in [-0.3, -0.25) is 10.1 Å². The number of nitrogens with zero attached hydrogens (tertiary/aromatic N) is 2. The molecule has 1 heterocycles. The van der Waals surface area contributed by atoms with Gasteiger partial charge in [-0.25, -0.2) is 9.79 Å². The number of hydrogen-bond donors (Lipinski definition) is 0. The van der Waals surface area contributed by atoms with Crippen LogP contribution in [0, 0.1) is 24.0 Å². The molecule has 0 bridgehead atoms. The standard InChI is InChI=1S/C25H20N2O5/c1-16-6-9-18(10-7-16)15-31-21-5-3-4-19(12-21)13-22-25(28)32-24(26-22)20-11-8-17(2)23(14-20)27(29)30/h3-14H,15H2,1-2H3/b22-13-. The number of cyclic esters (lactones) is 1. The van der Waals surface area contributed by atoms with Gasteiger partial charge in [0.25, 0.3) is 5.69 Å². The van der Waals surface area contributed by atoms with E-state index in [4.69, 9.17) is 9.47 Å². The van der Waals surface area contributed by atoms with Crippen LogP contribution in [0.15, 0.2) is 77.4 Å². The van der Waals surface area contributed by atoms with Crippen molar-refractivity contribution in [2.45, 2.75) is 20.5 Å². The highest BCUT2D eigenvalue weighted by Gasteiger charge is 2.25. The van der Waals surface area contributed by atoms with E-state index in [1.54, 1.807) is 31.2 Å². The molecule has 0 aliphatic carbocycles. The zero-order valence-electron chi connectivity index (χ0n) is 17.6. The Balaban J connectivity index is 1.53. The van der Waals surface area contributed by atoms with Gasteiger partial charge in [0.1, 0.15) is 12.4 Å². The number of carbonyl (C=O) groups excluding carboxylic acids is 1. The Bertz CT molecular complexity index is 1260. The first-order valence-corrected chi connectivity index (χ1v) is 9.95. The molecule has 0 radical (unpaired) electrons. The zero-order valence-corrected chi connectivity index (χ0v) is 17.6. The number of benzene rings is 3. The molecule has 0 unspecified atom stereocenters. The minimum Gasteiger partial charge on any atom is -0.489 e. The third-order valence-corrected chi connectivity index (χ3v) is 4.96. The van der Waals surface area contributed by atoms with Crippen LogP contribution in [0.1, 0.15) is 27.8 Å². The fraction of sp³-hybridized carbons (Fsp3) is 0.120. The highest BCUT2D eigenvalue weighted by Crippen LogP contribution is 2.25. The Labute approximate surface area is 184 Å². The second-order valence-corrected chi connectivity index (χ2v) is 7.44. The van der Waals surface area contributed by atoms with Crippen LogP contribution in [0.4, 0.5) is 5.69 Å². The smallest absolute Gasteiger partial charge is 0.363 e. The van der Waals surface area contributed by atoms with Crippen molar-refractivity contribution in [2.75, 3.05) is 0 Å². The van der Waals surface area contributed by atoms with Gasteiger partial charge < -0.3 is 9.47 Å². The van der Waals surface area contributed by atoms with Crippen molar-refractivity contribution < 1.29 is 19.2 Å². The molecule has 0 saturated heterocycles. The minimum absolute atomic E-state index is 0.0381. The van der Waals surface area contributed by atoms with E-state index < -0.39 is 10.9 Å². The Morgan fingerprint density at radius 1 is 1.06 bits per heavy atom. The first-order chi connectivity index (χ1) is 15.4. The first kappa shape index (κ1) is 21.0. The SMILES string of the molecule is Cc1ccc(COc2cccc(/C=C3\N=C(c4ccc(C)c([N+](=O)[O-])c4)OC3=O)c2)cc1. The second kappa shape index (κ2) is 8.85. The number of rotatable bonds is 6. The summed E-state index contributed by atoms with van der Waals surface area (Å²) in [7, 11) is 0. The number of carbonyl (C=O) groups is 1. The topological polar surface area (TPSA) is 91.0 Å². The van der Waals surface area contributed by atoms with Crippen LogP contribution in [0.25, 0.3) is 6.08 Å². The predicted octanol–water partition coefficient (Wildman–Crippen LogP) is 5.14. The molecule has 0 N–H and O–H groups in total. The van der Waals surface area contributed by atoms with E-state index in [0.717, 1.165) is 11.1 Å². The lowest BCUT2D eigenvalue weighted by atomic mass is 10.1. The van der Waals surface area contributed by atoms with Gasteiger partial charge in [-0.15, -0.1) is 0 Å². The van der Waals surface area contributed by atoms with Gasteiger partial charge in [0, 0.05) is 17.2 Å². The molecule has 0 fully saturated rings.